The Hall–Kier alpha value is -0.240. The Morgan fingerprint density at radius 2 is 2.40 bits per heavy atom. The van der Waals surface area contributed by atoms with Crippen LogP contribution in [0.5, 0.6) is 0 Å². The second kappa shape index (κ2) is 3.81. The Kier molecular flexibility index (Phi) is 3.00. The molecule has 1 aliphatic rings. The molecule has 1 nitrogen and oxygen atoms in total. The van der Waals surface area contributed by atoms with Gasteiger partial charge in [0.25, 0.3) is 0 Å². The van der Waals surface area contributed by atoms with E-state index in [1.165, 1.54) is 4.91 Å². The molecular formula is C8H12OS. The van der Waals surface area contributed by atoms with Gasteiger partial charge in [-0.05, 0) is 29.6 Å². The van der Waals surface area contributed by atoms with Crippen LogP contribution in [-0.4, -0.2) is 11.5 Å². The van der Waals surface area contributed by atoms with Crippen LogP contribution in [0, 0.1) is 0 Å². The van der Waals surface area contributed by atoms with Crippen molar-refractivity contribution in [1.29, 1.82) is 0 Å². The molecule has 0 bridgehead atoms. The van der Waals surface area contributed by atoms with Crippen molar-refractivity contribution in [3.63, 3.8) is 0 Å². The van der Waals surface area contributed by atoms with Gasteiger partial charge in [0.2, 0.25) is 0 Å². The predicted molar refractivity (Wildman–Crippen MR) is 45.1 cm³/mol. The quantitative estimate of drug-likeness (QED) is 0.610. The van der Waals surface area contributed by atoms with Gasteiger partial charge in [-0.1, -0.05) is 6.92 Å². The van der Waals surface area contributed by atoms with E-state index in [0.717, 1.165) is 25.0 Å². The van der Waals surface area contributed by atoms with E-state index in [-0.39, 0.29) is 0 Å². The summed E-state index contributed by atoms with van der Waals surface area (Å²) >= 11 is 1.80. The van der Waals surface area contributed by atoms with Crippen molar-refractivity contribution in [3.8, 4) is 0 Å². The highest BCUT2D eigenvalue weighted by Crippen LogP contribution is 2.25. The Labute approximate surface area is 65.9 Å². The molecule has 0 aliphatic heterocycles. The lowest BCUT2D eigenvalue weighted by molar-refractivity contribution is -0.114. The minimum absolute atomic E-state index is 0.308. The number of rotatable bonds is 2. The summed E-state index contributed by atoms with van der Waals surface area (Å²) in [6.07, 6.45) is 4.73. The molecule has 0 spiro atoms. The fourth-order valence-corrected chi connectivity index (χ4v) is 1.93. The zero-order chi connectivity index (χ0) is 7.40. The summed E-state index contributed by atoms with van der Waals surface area (Å²) in [5.74, 6) is 1.39. The lowest BCUT2D eigenvalue weighted by atomic mass is 10.1. The Morgan fingerprint density at radius 3 is 3.00 bits per heavy atom. The molecule has 0 amide bonds. The lowest BCUT2D eigenvalue weighted by Gasteiger charge is -2.09. The third-order valence-electron chi connectivity index (χ3n) is 1.50. The van der Waals surface area contributed by atoms with E-state index in [1.807, 2.05) is 0 Å². The van der Waals surface area contributed by atoms with Gasteiger partial charge < -0.3 is 0 Å². The highest BCUT2D eigenvalue weighted by Gasteiger charge is 2.08. The van der Waals surface area contributed by atoms with Crippen LogP contribution in [0.15, 0.2) is 11.0 Å². The standard InChI is InChI=1S/C8H12OS/c1-2-10-8-5-3-4-7(9)6-8/h6H,2-5H2,1H3. The first kappa shape index (κ1) is 7.86. The van der Waals surface area contributed by atoms with Crippen molar-refractivity contribution >= 4 is 17.5 Å². The molecule has 0 radical (unpaired) electrons. The molecule has 0 aromatic rings. The van der Waals surface area contributed by atoms with Crippen LogP contribution >= 0.6 is 11.8 Å². The van der Waals surface area contributed by atoms with Gasteiger partial charge in [0, 0.05) is 6.42 Å². The predicted octanol–water partition coefficient (Wildman–Crippen LogP) is 2.38. The molecule has 0 fully saturated rings. The molecule has 0 saturated heterocycles. The summed E-state index contributed by atoms with van der Waals surface area (Å²) < 4.78 is 0. The highest BCUT2D eigenvalue weighted by molar-refractivity contribution is 8.03. The molecule has 0 heterocycles. The van der Waals surface area contributed by atoms with Crippen LogP contribution < -0.4 is 0 Å². The van der Waals surface area contributed by atoms with Gasteiger partial charge in [-0.15, -0.1) is 11.8 Å². The summed E-state index contributed by atoms with van der Waals surface area (Å²) in [4.78, 5) is 12.1. The molecule has 56 valence electrons. The summed E-state index contributed by atoms with van der Waals surface area (Å²) in [5.41, 5.74) is 0. The second-order valence-electron chi connectivity index (χ2n) is 2.36. The number of hydrogen-bond donors (Lipinski definition) is 0. The molecule has 0 atom stereocenters. The Balaban J connectivity index is 2.49. The van der Waals surface area contributed by atoms with E-state index in [9.17, 15) is 4.79 Å². The van der Waals surface area contributed by atoms with Crippen LogP contribution in [0.2, 0.25) is 0 Å². The monoisotopic (exact) mass is 156 g/mol. The minimum atomic E-state index is 0.308. The topological polar surface area (TPSA) is 17.1 Å². The number of allylic oxidation sites excluding steroid dienone is 2. The molecule has 1 rings (SSSR count). The largest absolute Gasteiger partial charge is 0.295 e. The van der Waals surface area contributed by atoms with Crippen molar-refractivity contribution in [1.82, 2.24) is 0 Å². The number of carbonyl (C=O) groups excluding carboxylic acids is 1. The van der Waals surface area contributed by atoms with Crippen LogP contribution in [0.4, 0.5) is 0 Å². The van der Waals surface area contributed by atoms with Crippen molar-refractivity contribution in [2.24, 2.45) is 0 Å². The summed E-state index contributed by atoms with van der Waals surface area (Å²) in [6.45, 7) is 2.12. The van der Waals surface area contributed by atoms with E-state index in [4.69, 9.17) is 0 Å². The Bertz CT molecular complexity index is 161. The zero-order valence-electron chi connectivity index (χ0n) is 6.22. The van der Waals surface area contributed by atoms with Gasteiger partial charge in [-0.3, -0.25) is 4.79 Å². The van der Waals surface area contributed by atoms with Crippen LogP contribution in [0.25, 0.3) is 0 Å². The smallest absolute Gasteiger partial charge is 0.156 e. The SMILES string of the molecule is CCSC1=CC(=O)CCC1. The van der Waals surface area contributed by atoms with Crippen molar-refractivity contribution < 1.29 is 4.79 Å². The molecular weight excluding hydrogens is 144 g/mol. The average Bonchev–Trinajstić information content (AvgIpc) is 1.88. The summed E-state index contributed by atoms with van der Waals surface area (Å²) in [6, 6.07) is 0. The third-order valence-corrected chi connectivity index (χ3v) is 2.48. The molecule has 0 unspecified atom stereocenters. The normalized spacial score (nSPS) is 18.9. The first-order valence-electron chi connectivity index (χ1n) is 3.69. The molecule has 0 aromatic heterocycles. The average molecular weight is 156 g/mol. The second-order valence-corrected chi connectivity index (χ2v) is 3.75. The number of thioether (sulfide) groups is 1. The molecule has 0 N–H and O–H groups in total. The maximum atomic E-state index is 10.9. The van der Waals surface area contributed by atoms with Gasteiger partial charge in [-0.2, -0.15) is 0 Å². The molecule has 10 heavy (non-hydrogen) atoms. The maximum Gasteiger partial charge on any atom is 0.156 e. The molecule has 0 aromatic carbocycles. The highest BCUT2D eigenvalue weighted by atomic mass is 32.2. The fourth-order valence-electron chi connectivity index (χ4n) is 1.06. The van der Waals surface area contributed by atoms with Crippen LogP contribution in [0.3, 0.4) is 0 Å². The summed E-state index contributed by atoms with van der Waals surface area (Å²) in [5, 5.41) is 0. The van der Waals surface area contributed by atoms with Gasteiger partial charge in [0.1, 0.15) is 0 Å². The maximum absolute atomic E-state index is 10.9. The zero-order valence-corrected chi connectivity index (χ0v) is 7.04. The molecule has 0 saturated carbocycles. The van der Waals surface area contributed by atoms with Crippen molar-refractivity contribution in [2.45, 2.75) is 26.2 Å². The number of carbonyl (C=O) groups is 1. The minimum Gasteiger partial charge on any atom is -0.295 e. The van der Waals surface area contributed by atoms with Gasteiger partial charge in [-0.25, -0.2) is 0 Å². The van der Waals surface area contributed by atoms with Gasteiger partial charge >= 0.3 is 0 Å². The van der Waals surface area contributed by atoms with E-state index >= 15 is 0 Å². The van der Waals surface area contributed by atoms with Crippen LogP contribution in [-0.2, 0) is 4.79 Å². The van der Waals surface area contributed by atoms with E-state index in [0.29, 0.717) is 5.78 Å². The molecule has 2 heteroatoms. The number of ketones is 1. The lowest BCUT2D eigenvalue weighted by Crippen LogP contribution is -2.00. The van der Waals surface area contributed by atoms with Crippen molar-refractivity contribution in [3.05, 3.63) is 11.0 Å². The van der Waals surface area contributed by atoms with E-state index in [2.05, 4.69) is 6.92 Å². The van der Waals surface area contributed by atoms with E-state index < -0.39 is 0 Å². The first-order chi connectivity index (χ1) is 4.83. The Morgan fingerprint density at radius 1 is 1.60 bits per heavy atom. The van der Waals surface area contributed by atoms with Gasteiger partial charge in [0.15, 0.2) is 5.78 Å². The number of hydrogen-bond acceptors (Lipinski definition) is 2. The third kappa shape index (κ3) is 2.18. The van der Waals surface area contributed by atoms with E-state index in [1.54, 1.807) is 17.8 Å². The summed E-state index contributed by atoms with van der Waals surface area (Å²) in [7, 11) is 0. The van der Waals surface area contributed by atoms with Crippen molar-refractivity contribution in [2.75, 3.05) is 5.75 Å². The van der Waals surface area contributed by atoms with Gasteiger partial charge in [0.05, 0.1) is 0 Å². The molecule has 1 aliphatic carbocycles. The first-order valence-corrected chi connectivity index (χ1v) is 4.67. The fraction of sp³-hybridized carbons (Fsp3) is 0.625. The van der Waals surface area contributed by atoms with Crippen LogP contribution in [0.1, 0.15) is 26.2 Å².